The van der Waals surface area contributed by atoms with Gasteiger partial charge in [0, 0.05) is 31.9 Å². The summed E-state index contributed by atoms with van der Waals surface area (Å²) in [4.78, 5) is 4.93. The normalized spacial score (nSPS) is 20.7. The zero-order chi connectivity index (χ0) is 14.3. The molecule has 2 fully saturated rings. The molecule has 0 N–H and O–H groups in total. The summed E-state index contributed by atoms with van der Waals surface area (Å²) >= 11 is 0. The Labute approximate surface area is 127 Å². The number of hydrogen-bond donors (Lipinski definition) is 0. The molecule has 3 rings (SSSR count). The SMILES string of the molecule is c1cc(CCCN2CCOCC2)cc(N2CCOCC2)c1. The van der Waals surface area contributed by atoms with Gasteiger partial charge < -0.3 is 14.4 Å². The van der Waals surface area contributed by atoms with E-state index >= 15 is 0 Å². The third kappa shape index (κ3) is 4.43. The van der Waals surface area contributed by atoms with E-state index in [1.165, 1.54) is 24.2 Å². The lowest BCUT2D eigenvalue weighted by atomic mass is 10.1. The number of morpholine rings is 2. The first-order valence-corrected chi connectivity index (χ1v) is 8.13. The first-order chi connectivity index (χ1) is 10.4. The van der Waals surface area contributed by atoms with Gasteiger partial charge in [0.1, 0.15) is 0 Å². The maximum absolute atomic E-state index is 5.43. The van der Waals surface area contributed by atoms with Gasteiger partial charge in [-0.3, -0.25) is 4.90 Å². The Morgan fingerprint density at radius 2 is 1.62 bits per heavy atom. The van der Waals surface area contributed by atoms with Crippen LogP contribution in [0.5, 0.6) is 0 Å². The van der Waals surface area contributed by atoms with Crippen molar-refractivity contribution in [3.05, 3.63) is 29.8 Å². The lowest BCUT2D eigenvalue weighted by Gasteiger charge is -2.29. The van der Waals surface area contributed by atoms with Gasteiger partial charge in [0.15, 0.2) is 0 Å². The molecule has 0 bridgehead atoms. The summed E-state index contributed by atoms with van der Waals surface area (Å²) in [5.41, 5.74) is 2.80. The van der Waals surface area contributed by atoms with Crippen LogP contribution in [0.1, 0.15) is 12.0 Å². The molecule has 0 aliphatic carbocycles. The van der Waals surface area contributed by atoms with E-state index in [1.807, 2.05) is 0 Å². The van der Waals surface area contributed by atoms with Crippen LogP contribution >= 0.6 is 0 Å². The predicted molar refractivity (Wildman–Crippen MR) is 85.1 cm³/mol. The molecule has 116 valence electrons. The number of nitrogens with zero attached hydrogens (tertiary/aromatic N) is 2. The van der Waals surface area contributed by atoms with E-state index in [-0.39, 0.29) is 0 Å². The van der Waals surface area contributed by atoms with E-state index in [0.717, 1.165) is 59.0 Å². The molecule has 0 amide bonds. The number of hydrogen-bond acceptors (Lipinski definition) is 4. The molecule has 0 saturated carbocycles. The molecular formula is C17H26N2O2. The Morgan fingerprint density at radius 3 is 2.38 bits per heavy atom. The fourth-order valence-corrected chi connectivity index (χ4v) is 3.06. The quantitative estimate of drug-likeness (QED) is 0.825. The smallest absolute Gasteiger partial charge is 0.0642 e. The molecular weight excluding hydrogens is 264 g/mol. The summed E-state index contributed by atoms with van der Waals surface area (Å²) in [7, 11) is 0. The minimum Gasteiger partial charge on any atom is -0.379 e. The van der Waals surface area contributed by atoms with Crippen LogP contribution in [0.4, 0.5) is 5.69 Å². The van der Waals surface area contributed by atoms with Crippen molar-refractivity contribution in [2.75, 3.05) is 64.1 Å². The van der Waals surface area contributed by atoms with Crippen molar-refractivity contribution in [1.82, 2.24) is 4.90 Å². The molecule has 4 heteroatoms. The van der Waals surface area contributed by atoms with Gasteiger partial charge in [-0.05, 0) is 37.1 Å². The molecule has 4 nitrogen and oxygen atoms in total. The van der Waals surface area contributed by atoms with E-state index in [1.54, 1.807) is 0 Å². The van der Waals surface area contributed by atoms with Crippen molar-refractivity contribution in [3.8, 4) is 0 Å². The van der Waals surface area contributed by atoms with Crippen LogP contribution in [0.15, 0.2) is 24.3 Å². The average Bonchev–Trinajstić information content (AvgIpc) is 2.57. The van der Waals surface area contributed by atoms with Crippen molar-refractivity contribution in [2.24, 2.45) is 0 Å². The largest absolute Gasteiger partial charge is 0.379 e. The van der Waals surface area contributed by atoms with Gasteiger partial charge in [-0.1, -0.05) is 12.1 Å². The fraction of sp³-hybridized carbons (Fsp3) is 0.647. The lowest BCUT2D eigenvalue weighted by molar-refractivity contribution is 0.0375. The lowest BCUT2D eigenvalue weighted by Crippen LogP contribution is -2.37. The van der Waals surface area contributed by atoms with Crippen molar-refractivity contribution in [2.45, 2.75) is 12.8 Å². The van der Waals surface area contributed by atoms with E-state index in [4.69, 9.17) is 9.47 Å². The van der Waals surface area contributed by atoms with Crippen LogP contribution in [0.3, 0.4) is 0 Å². The van der Waals surface area contributed by atoms with Gasteiger partial charge in [0.25, 0.3) is 0 Å². The topological polar surface area (TPSA) is 24.9 Å². The van der Waals surface area contributed by atoms with Crippen molar-refractivity contribution < 1.29 is 9.47 Å². The maximum Gasteiger partial charge on any atom is 0.0642 e. The first kappa shape index (κ1) is 14.8. The second-order valence-electron chi connectivity index (χ2n) is 5.83. The van der Waals surface area contributed by atoms with Crippen LogP contribution in [0.2, 0.25) is 0 Å². The molecule has 21 heavy (non-hydrogen) atoms. The number of ether oxygens (including phenoxy) is 2. The van der Waals surface area contributed by atoms with E-state index in [0.29, 0.717) is 0 Å². The summed E-state index contributed by atoms with van der Waals surface area (Å²) in [6.07, 6.45) is 2.39. The van der Waals surface area contributed by atoms with Crippen LogP contribution in [0, 0.1) is 0 Å². The molecule has 0 radical (unpaired) electrons. The number of benzene rings is 1. The number of rotatable bonds is 5. The monoisotopic (exact) mass is 290 g/mol. The Morgan fingerprint density at radius 1 is 0.905 bits per heavy atom. The fourth-order valence-electron chi connectivity index (χ4n) is 3.06. The second-order valence-corrected chi connectivity index (χ2v) is 5.83. The van der Waals surface area contributed by atoms with Crippen molar-refractivity contribution in [3.63, 3.8) is 0 Å². The van der Waals surface area contributed by atoms with Gasteiger partial charge in [-0.25, -0.2) is 0 Å². The highest BCUT2D eigenvalue weighted by atomic mass is 16.5. The van der Waals surface area contributed by atoms with Gasteiger partial charge in [-0.15, -0.1) is 0 Å². The molecule has 0 unspecified atom stereocenters. The Kier molecular flexibility index (Phi) is 5.49. The highest BCUT2D eigenvalue weighted by Crippen LogP contribution is 2.18. The molecule has 0 atom stereocenters. The summed E-state index contributed by atoms with van der Waals surface area (Å²) in [5.74, 6) is 0. The number of aryl methyl sites for hydroxylation is 1. The standard InChI is InChI=1S/C17H26N2O2/c1-3-16(4-2-6-18-7-11-20-12-8-18)15-17(5-1)19-9-13-21-14-10-19/h1,3,5,15H,2,4,6-14H2. The van der Waals surface area contributed by atoms with Crippen LogP contribution in [-0.2, 0) is 15.9 Å². The van der Waals surface area contributed by atoms with Crippen molar-refractivity contribution >= 4 is 5.69 Å². The molecule has 2 heterocycles. The van der Waals surface area contributed by atoms with Crippen LogP contribution in [-0.4, -0.2) is 64.1 Å². The Hall–Kier alpha value is -1.10. The molecule has 1 aromatic rings. The van der Waals surface area contributed by atoms with Crippen LogP contribution in [0.25, 0.3) is 0 Å². The highest BCUT2D eigenvalue weighted by Gasteiger charge is 2.12. The summed E-state index contributed by atoms with van der Waals surface area (Å²) in [6.45, 7) is 8.88. The van der Waals surface area contributed by atoms with Crippen molar-refractivity contribution in [1.29, 1.82) is 0 Å². The first-order valence-electron chi connectivity index (χ1n) is 8.13. The minimum absolute atomic E-state index is 0.848. The van der Waals surface area contributed by atoms with Gasteiger partial charge >= 0.3 is 0 Å². The summed E-state index contributed by atoms with van der Waals surface area (Å²) in [6, 6.07) is 9.01. The van der Waals surface area contributed by atoms with E-state index in [2.05, 4.69) is 34.1 Å². The highest BCUT2D eigenvalue weighted by molar-refractivity contribution is 5.48. The summed E-state index contributed by atoms with van der Waals surface area (Å²) < 4.78 is 10.8. The van der Waals surface area contributed by atoms with Gasteiger partial charge in [-0.2, -0.15) is 0 Å². The zero-order valence-electron chi connectivity index (χ0n) is 12.8. The summed E-state index contributed by atoms with van der Waals surface area (Å²) in [5, 5.41) is 0. The van der Waals surface area contributed by atoms with Gasteiger partial charge in [0.05, 0.1) is 26.4 Å². The Balaban J connectivity index is 1.48. The van der Waals surface area contributed by atoms with Crippen LogP contribution < -0.4 is 4.90 Å². The number of anilines is 1. The minimum atomic E-state index is 0.848. The predicted octanol–water partition coefficient (Wildman–Crippen LogP) is 1.79. The zero-order valence-corrected chi connectivity index (χ0v) is 12.8. The van der Waals surface area contributed by atoms with E-state index < -0.39 is 0 Å². The molecule has 1 aromatic carbocycles. The second kappa shape index (κ2) is 7.78. The molecule has 2 aliphatic rings. The van der Waals surface area contributed by atoms with Gasteiger partial charge in [0.2, 0.25) is 0 Å². The molecule has 0 spiro atoms. The average molecular weight is 290 g/mol. The molecule has 2 aliphatic heterocycles. The van der Waals surface area contributed by atoms with E-state index in [9.17, 15) is 0 Å². The third-order valence-corrected chi connectivity index (χ3v) is 4.33. The Bertz CT molecular complexity index is 427. The maximum atomic E-state index is 5.43. The third-order valence-electron chi connectivity index (χ3n) is 4.33. The molecule has 2 saturated heterocycles. The molecule has 0 aromatic heterocycles.